The lowest BCUT2D eigenvalue weighted by molar-refractivity contribution is 0.459. The van der Waals surface area contributed by atoms with Crippen molar-refractivity contribution in [2.24, 2.45) is 0 Å². The minimum atomic E-state index is -0.238. The van der Waals surface area contributed by atoms with E-state index in [-0.39, 0.29) is 6.67 Å². The Morgan fingerprint density at radius 2 is 2.00 bits per heavy atom. The third-order valence-corrected chi connectivity index (χ3v) is 2.72. The summed E-state index contributed by atoms with van der Waals surface area (Å²) in [7, 11) is 0. The van der Waals surface area contributed by atoms with Gasteiger partial charge in [0.1, 0.15) is 0 Å². The maximum Gasteiger partial charge on any atom is 0.0906 e. The van der Waals surface area contributed by atoms with Crippen molar-refractivity contribution in [2.45, 2.75) is 17.9 Å². The van der Waals surface area contributed by atoms with Crippen LogP contribution in [-0.4, -0.2) is 19.5 Å². The van der Waals surface area contributed by atoms with Crippen LogP contribution in [0.25, 0.3) is 0 Å². The van der Waals surface area contributed by atoms with Crippen molar-refractivity contribution in [1.29, 1.82) is 0 Å². The summed E-state index contributed by atoms with van der Waals surface area (Å²) in [6.45, 7) is 1.34. The van der Waals surface area contributed by atoms with Gasteiger partial charge in [0.2, 0.25) is 0 Å². The smallest absolute Gasteiger partial charge is 0.0906 e. The molecule has 1 N–H and O–H groups in total. The van der Waals surface area contributed by atoms with Crippen molar-refractivity contribution in [2.75, 3.05) is 19.5 Å². The van der Waals surface area contributed by atoms with E-state index in [1.807, 2.05) is 0 Å². The molecular weight excluding hydrogens is 197 g/mol. The summed E-state index contributed by atoms with van der Waals surface area (Å²) in [6.07, 6.45) is 2.66. The van der Waals surface area contributed by atoms with Gasteiger partial charge in [-0.2, -0.15) is 0 Å². The van der Waals surface area contributed by atoms with Gasteiger partial charge in [-0.1, -0.05) is 12.1 Å². The normalized spacial score (nSPS) is 10.4. The van der Waals surface area contributed by atoms with Crippen molar-refractivity contribution < 1.29 is 4.39 Å². The lowest BCUT2D eigenvalue weighted by atomic mass is 10.2. The largest absolute Gasteiger partial charge is 0.313 e. The lowest BCUT2D eigenvalue weighted by Crippen LogP contribution is -2.14. The Labute approximate surface area is 89.1 Å². The summed E-state index contributed by atoms with van der Waals surface area (Å²) in [5.41, 5.74) is 1.25. The number of thioether (sulfide) groups is 1. The van der Waals surface area contributed by atoms with Crippen LogP contribution in [0, 0.1) is 0 Å². The van der Waals surface area contributed by atoms with E-state index in [2.05, 4.69) is 35.8 Å². The van der Waals surface area contributed by atoms with Crippen LogP contribution in [0.3, 0.4) is 0 Å². The summed E-state index contributed by atoms with van der Waals surface area (Å²) in [4.78, 5) is 1.28. The predicted octanol–water partition coefficient (Wildman–Crippen LogP) is 2.86. The minimum Gasteiger partial charge on any atom is -0.313 e. The molecule has 0 atom stereocenters. The van der Waals surface area contributed by atoms with Gasteiger partial charge in [-0.3, -0.25) is 4.39 Å². The Morgan fingerprint density at radius 3 is 2.57 bits per heavy atom. The molecule has 0 saturated heterocycles. The molecule has 0 amide bonds. The molecule has 1 aromatic carbocycles. The van der Waals surface area contributed by atoms with E-state index in [0.717, 1.165) is 13.1 Å². The number of rotatable bonds is 6. The molecule has 1 aromatic rings. The number of hydrogen-bond acceptors (Lipinski definition) is 2. The zero-order chi connectivity index (χ0) is 10.2. The average Bonchev–Trinajstić information content (AvgIpc) is 2.25. The van der Waals surface area contributed by atoms with Gasteiger partial charge in [-0.15, -0.1) is 11.8 Å². The number of benzene rings is 1. The Balaban J connectivity index is 2.29. The molecule has 0 aliphatic heterocycles. The molecule has 3 heteroatoms. The Morgan fingerprint density at radius 1 is 1.29 bits per heavy atom. The number of nitrogens with one attached hydrogen (secondary N) is 1. The maximum absolute atomic E-state index is 11.8. The van der Waals surface area contributed by atoms with Crippen LogP contribution in [-0.2, 0) is 6.54 Å². The van der Waals surface area contributed by atoms with Crippen molar-refractivity contribution in [3.63, 3.8) is 0 Å². The third kappa shape index (κ3) is 4.11. The first-order valence-corrected chi connectivity index (χ1v) is 5.99. The zero-order valence-corrected chi connectivity index (χ0v) is 9.24. The van der Waals surface area contributed by atoms with Gasteiger partial charge in [0, 0.05) is 11.4 Å². The summed E-state index contributed by atoms with van der Waals surface area (Å²) >= 11 is 1.74. The van der Waals surface area contributed by atoms with Crippen molar-refractivity contribution in [1.82, 2.24) is 5.32 Å². The molecule has 0 spiro atoms. The monoisotopic (exact) mass is 213 g/mol. The lowest BCUT2D eigenvalue weighted by Gasteiger charge is -2.04. The second-order valence-corrected chi connectivity index (χ2v) is 3.95. The van der Waals surface area contributed by atoms with E-state index in [1.54, 1.807) is 11.8 Å². The molecule has 0 unspecified atom stereocenters. The Kier molecular flexibility index (Phi) is 5.64. The van der Waals surface area contributed by atoms with Crippen molar-refractivity contribution in [3.05, 3.63) is 29.8 Å². The first kappa shape index (κ1) is 11.5. The quantitative estimate of drug-likeness (QED) is 0.576. The molecule has 0 aromatic heterocycles. The molecule has 0 heterocycles. The highest BCUT2D eigenvalue weighted by Crippen LogP contribution is 2.14. The number of hydrogen-bond donors (Lipinski definition) is 1. The molecule has 0 aliphatic rings. The molecule has 0 aliphatic carbocycles. The molecule has 78 valence electrons. The summed E-state index contributed by atoms with van der Waals surface area (Å²) in [6, 6.07) is 8.43. The van der Waals surface area contributed by atoms with Gasteiger partial charge in [0.25, 0.3) is 0 Å². The van der Waals surface area contributed by atoms with E-state index in [9.17, 15) is 4.39 Å². The molecule has 1 rings (SSSR count). The molecular formula is C11H16FNS. The van der Waals surface area contributed by atoms with Crippen LogP contribution >= 0.6 is 11.8 Å². The minimum absolute atomic E-state index is 0.238. The van der Waals surface area contributed by atoms with E-state index >= 15 is 0 Å². The molecule has 1 nitrogen and oxygen atoms in total. The third-order valence-electron chi connectivity index (χ3n) is 1.98. The second-order valence-electron chi connectivity index (χ2n) is 3.07. The standard InChI is InChI=1S/C11H16FNS/c1-14-11-5-3-10(4-6-11)9-13-8-2-7-12/h3-6,13H,2,7-9H2,1H3. The fourth-order valence-corrected chi connectivity index (χ4v) is 1.58. The van der Waals surface area contributed by atoms with E-state index < -0.39 is 0 Å². The van der Waals surface area contributed by atoms with Crippen LogP contribution in [0.1, 0.15) is 12.0 Å². The van der Waals surface area contributed by atoms with Crippen LogP contribution in [0.4, 0.5) is 4.39 Å². The van der Waals surface area contributed by atoms with Gasteiger partial charge < -0.3 is 5.32 Å². The van der Waals surface area contributed by atoms with Crippen LogP contribution in [0.15, 0.2) is 29.2 Å². The maximum atomic E-state index is 11.8. The molecule has 14 heavy (non-hydrogen) atoms. The van der Waals surface area contributed by atoms with E-state index in [0.29, 0.717) is 6.42 Å². The van der Waals surface area contributed by atoms with E-state index in [1.165, 1.54) is 10.5 Å². The first-order chi connectivity index (χ1) is 6.86. The summed E-state index contributed by atoms with van der Waals surface area (Å²) in [5.74, 6) is 0. The van der Waals surface area contributed by atoms with Crippen LogP contribution in [0.2, 0.25) is 0 Å². The van der Waals surface area contributed by atoms with Crippen molar-refractivity contribution >= 4 is 11.8 Å². The van der Waals surface area contributed by atoms with Crippen molar-refractivity contribution in [3.8, 4) is 0 Å². The van der Waals surface area contributed by atoms with Gasteiger partial charge in [-0.05, 0) is 36.9 Å². The summed E-state index contributed by atoms with van der Waals surface area (Å²) in [5, 5.41) is 3.19. The SMILES string of the molecule is CSc1ccc(CNCCCF)cc1. The fourth-order valence-electron chi connectivity index (χ4n) is 1.17. The van der Waals surface area contributed by atoms with Gasteiger partial charge in [0.15, 0.2) is 0 Å². The van der Waals surface area contributed by atoms with Gasteiger partial charge in [0.05, 0.1) is 6.67 Å². The zero-order valence-electron chi connectivity index (χ0n) is 8.42. The summed E-state index contributed by atoms with van der Waals surface area (Å²) < 4.78 is 11.8. The van der Waals surface area contributed by atoms with Crippen LogP contribution in [0.5, 0.6) is 0 Å². The first-order valence-electron chi connectivity index (χ1n) is 4.76. The molecule has 0 fully saturated rings. The predicted molar refractivity (Wildman–Crippen MR) is 60.5 cm³/mol. The van der Waals surface area contributed by atoms with Gasteiger partial charge >= 0.3 is 0 Å². The highest BCUT2D eigenvalue weighted by atomic mass is 32.2. The molecule has 0 saturated carbocycles. The van der Waals surface area contributed by atoms with Gasteiger partial charge in [-0.25, -0.2) is 0 Å². The number of alkyl halides is 1. The molecule has 0 radical (unpaired) electrons. The highest BCUT2D eigenvalue weighted by molar-refractivity contribution is 7.98. The Bertz CT molecular complexity index is 248. The topological polar surface area (TPSA) is 12.0 Å². The van der Waals surface area contributed by atoms with Crippen LogP contribution < -0.4 is 5.32 Å². The highest BCUT2D eigenvalue weighted by Gasteiger charge is 1.93. The fraction of sp³-hybridized carbons (Fsp3) is 0.455. The Hall–Kier alpha value is -0.540. The number of halogens is 1. The molecule has 0 bridgehead atoms. The van der Waals surface area contributed by atoms with E-state index in [4.69, 9.17) is 0 Å². The average molecular weight is 213 g/mol. The second kappa shape index (κ2) is 6.85.